The molecule has 1 atom stereocenters. The number of amides is 2. The number of benzene rings is 1. The van der Waals surface area contributed by atoms with E-state index < -0.39 is 29.3 Å². The lowest BCUT2D eigenvalue weighted by molar-refractivity contribution is -0.141. The number of carbonyl (C=O) groups excluding carboxylic acids is 1. The quantitative estimate of drug-likeness (QED) is 0.791. The molecule has 6 heteroatoms. The van der Waals surface area contributed by atoms with Crippen LogP contribution in [-0.2, 0) is 11.3 Å². The summed E-state index contributed by atoms with van der Waals surface area (Å²) in [6, 6.07) is 4.39. The first-order valence-electron chi connectivity index (χ1n) is 6.22. The number of carbonyl (C=O) groups is 2. The largest absolute Gasteiger partial charge is 0.480 e. The smallest absolute Gasteiger partial charge is 0.326 e. The molecule has 0 unspecified atom stereocenters. The van der Waals surface area contributed by atoms with Crippen molar-refractivity contribution in [3.8, 4) is 0 Å². The molecule has 0 saturated heterocycles. The van der Waals surface area contributed by atoms with Gasteiger partial charge in [-0.1, -0.05) is 39.0 Å². The monoisotopic (exact) mass is 282 g/mol. The van der Waals surface area contributed by atoms with Gasteiger partial charge in [0.25, 0.3) is 0 Å². The summed E-state index contributed by atoms with van der Waals surface area (Å²) in [4.78, 5) is 22.8. The molecule has 20 heavy (non-hydrogen) atoms. The molecule has 0 bridgehead atoms. The lowest BCUT2D eigenvalue weighted by Gasteiger charge is -2.27. The molecule has 1 rings (SSSR count). The van der Waals surface area contributed by atoms with Crippen LogP contribution < -0.4 is 10.6 Å². The first kappa shape index (κ1) is 15.9. The lowest BCUT2D eigenvalue weighted by atomic mass is 9.87. The SMILES string of the molecule is CC(C)(C)[C@@H](NC(=O)NCc1ccccc1F)C(=O)O. The van der Waals surface area contributed by atoms with Crippen LogP contribution in [0.15, 0.2) is 24.3 Å². The second-order valence-corrected chi connectivity index (χ2v) is 5.56. The van der Waals surface area contributed by atoms with Crippen LogP contribution in [0, 0.1) is 11.2 Å². The topological polar surface area (TPSA) is 78.4 Å². The molecule has 2 amide bonds. The fourth-order valence-electron chi connectivity index (χ4n) is 1.65. The van der Waals surface area contributed by atoms with Gasteiger partial charge >= 0.3 is 12.0 Å². The molecule has 0 aromatic heterocycles. The summed E-state index contributed by atoms with van der Waals surface area (Å²) in [5.74, 6) is -1.53. The van der Waals surface area contributed by atoms with E-state index in [9.17, 15) is 14.0 Å². The van der Waals surface area contributed by atoms with Gasteiger partial charge in [0.2, 0.25) is 0 Å². The molecule has 0 aliphatic carbocycles. The third kappa shape index (κ3) is 4.53. The Labute approximate surface area is 117 Å². The second kappa shape index (κ2) is 6.36. The Morgan fingerprint density at radius 2 is 1.90 bits per heavy atom. The average molecular weight is 282 g/mol. The fraction of sp³-hybridized carbons (Fsp3) is 0.429. The highest BCUT2D eigenvalue weighted by Gasteiger charge is 2.32. The summed E-state index contributed by atoms with van der Waals surface area (Å²) in [5.41, 5.74) is -0.286. The summed E-state index contributed by atoms with van der Waals surface area (Å²) in [6.45, 7) is 5.13. The predicted octanol–water partition coefficient (Wildman–Crippen LogP) is 2.12. The fourth-order valence-corrected chi connectivity index (χ4v) is 1.65. The normalized spacial score (nSPS) is 12.6. The zero-order valence-corrected chi connectivity index (χ0v) is 11.7. The van der Waals surface area contributed by atoms with Crippen LogP contribution in [0.1, 0.15) is 26.3 Å². The Balaban J connectivity index is 2.60. The van der Waals surface area contributed by atoms with Crippen molar-refractivity contribution in [3.05, 3.63) is 35.6 Å². The average Bonchev–Trinajstić information content (AvgIpc) is 2.33. The van der Waals surface area contributed by atoms with Crippen molar-refractivity contribution in [2.24, 2.45) is 5.41 Å². The summed E-state index contributed by atoms with van der Waals surface area (Å²) >= 11 is 0. The molecule has 1 aromatic rings. The molecule has 110 valence electrons. The van der Waals surface area contributed by atoms with Gasteiger partial charge in [-0.15, -0.1) is 0 Å². The van der Waals surface area contributed by atoms with Gasteiger partial charge < -0.3 is 15.7 Å². The van der Waals surface area contributed by atoms with Gasteiger partial charge in [-0.05, 0) is 11.5 Å². The van der Waals surface area contributed by atoms with Gasteiger partial charge in [0.15, 0.2) is 0 Å². The first-order chi connectivity index (χ1) is 9.21. The van der Waals surface area contributed by atoms with Crippen molar-refractivity contribution >= 4 is 12.0 Å². The maximum absolute atomic E-state index is 13.4. The third-order valence-electron chi connectivity index (χ3n) is 2.79. The molecule has 1 aromatic carbocycles. The van der Waals surface area contributed by atoms with E-state index in [1.54, 1.807) is 39.0 Å². The molecular weight excluding hydrogens is 263 g/mol. The summed E-state index contributed by atoms with van der Waals surface area (Å²) < 4.78 is 13.4. The minimum absolute atomic E-state index is 0.00497. The van der Waals surface area contributed by atoms with Crippen LogP contribution in [0.2, 0.25) is 0 Å². The minimum Gasteiger partial charge on any atom is -0.480 e. The highest BCUT2D eigenvalue weighted by atomic mass is 19.1. The van der Waals surface area contributed by atoms with Crippen molar-refractivity contribution in [2.75, 3.05) is 0 Å². The molecule has 0 aliphatic heterocycles. The predicted molar refractivity (Wildman–Crippen MR) is 72.7 cm³/mol. The van der Waals surface area contributed by atoms with Gasteiger partial charge in [-0.25, -0.2) is 14.0 Å². The molecule has 0 aliphatic rings. The number of carboxylic acid groups (broad SMARTS) is 1. The van der Waals surface area contributed by atoms with E-state index in [1.807, 2.05) is 0 Å². The number of urea groups is 1. The summed E-state index contributed by atoms with van der Waals surface area (Å²) in [7, 11) is 0. The maximum atomic E-state index is 13.4. The van der Waals surface area contributed by atoms with E-state index in [-0.39, 0.29) is 6.54 Å². The van der Waals surface area contributed by atoms with E-state index in [4.69, 9.17) is 5.11 Å². The summed E-state index contributed by atoms with van der Waals surface area (Å²) in [5, 5.41) is 13.9. The molecule has 0 radical (unpaired) electrons. The zero-order chi connectivity index (χ0) is 15.3. The van der Waals surface area contributed by atoms with Crippen molar-refractivity contribution in [2.45, 2.75) is 33.4 Å². The van der Waals surface area contributed by atoms with Crippen LogP contribution in [0.5, 0.6) is 0 Å². The van der Waals surface area contributed by atoms with E-state index in [0.29, 0.717) is 5.56 Å². The Morgan fingerprint density at radius 3 is 2.40 bits per heavy atom. The number of nitrogens with one attached hydrogen (secondary N) is 2. The zero-order valence-electron chi connectivity index (χ0n) is 11.7. The standard InChI is InChI=1S/C14H19FN2O3/c1-14(2,3)11(12(18)19)17-13(20)16-8-9-6-4-5-7-10(9)15/h4-7,11H,8H2,1-3H3,(H,18,19)(H2,16,17,20)/t11-/m0/s1. The lowest BCUT2D eigenvalue weighted by Crippen LogP contribution is -2.52. The van der Waals surface area contributed by atoms with Gasteiger partial charge in [0, 0.05) is 12.1 Å². The van der Waals surface area contributed by atoms with Crippen LogP contribution in [0.4, 0.5) is 9.18 Å². The number of aliphatic carboxylic acids is 1. The third-order valence-corrected chi connectivity index (χ3v) is 2.79. The maximum Gasteiger partial charge on any atom is 0.326 e. The van der Waals surface area contributed by atoms with Gasteiger partial charge in [-0.3, -0.25) is 0 Å². The summed E-state index contributed by atoms with van der Waals surface area (Å²) in [6.07, 6.45) is 0. The molecule has 0 fully saturated rings. The number of carboxylic acids is 1. The highest BCUT2D eigenvalue weighted by molar-refractivity contribution is 5.83. The Hall–Kier alpha value is -2.11. The molecule has 0 heterocycles. The van der Waals surface area contributed by atoms with Gasteiger partial charge in [-0.2, -0.15) is 0 Å². The number of rotatable bonds is 4. The molecule has 0 saturated carbocycles. The van der Waals surface area contributed by atoms with Crippen molar-refractivity contribution in [3.63, 3.8) is 0 Å². The van der Waals surface area contributed by atoms with Gasteiger partial charge in [0.05, 0.1) is 0 Å². The van der Waals surface area contributed by atoms with Crippen LogP contribution in [0.25, 0.3) is 0 Å². The first-order valence-corrected chi connectivity index (χ1v) is 6.22. The molecule has 0 spiro atoms. The van der Waals surface area contributed by atoms with E-state index in [2.05, 4.69) is 10.6 Å². The highest BCUT2D eigenvalue weighted by Crippen LogP contribution is 2.19. The van der Waals surface area contributed by atoms with Crippen molar-refractivity contribution in [1.29, 1.82) is 0 Å². The van der Waals surface area contributed by atoms with Gasteiger partial charge in [0.1, 0.15) is 11.9 Å². The molecule has 3 N–H and O–H groups in total. The van der Waals surface area contributed by atoms with Crippen molar-refractivity contribution in [1.82, 2.24) is 10.6 Å². The Kier molecular flexibility index (Phi) is 5.07. The second-order valence-electron chi connectivity index (χ2n) is 5.56. The molecule has 5 nitrogen and oxygen atoms in total. The Bertz CT molecular complexity index is 497. The van der Waals surface area contributed by atoms with E-state index >= 15 is 0 Å². The van der Waals surface area contributed by atoms with Crippen LogP contribution >= 0.6 is 0 Å². The van der Waals surface area contributed by atoms with Crippen LogP contribution in [-0.4, -0.2) is 23.1 Å². The van der Waals surface area contributed by atoms with E-state index in [0.717, 1.165) is 0 Å². The molecular formula is C14H19FN2O3. The van der Waals surface area contributed by atoms with Crippen LogP contribution in [0.3, 0.4) is 0 Å². The van der Waals surface area contributed by atoms with Crippen molar-refractivity contribution < 1.29 is 19.1 Å². The number of halogens is 1. The number of hydrogen-bond donors (Lipinski definition) is 3. The Morgan fingerprint density at radius 1 is 1.30 bits per heavy atom. The minimum atomic E-state index is -1.11. The number of hydrogen-bond acceptors (Lipinski definition) is 2. The van der Waals surface area contributed by atoms with E-state index in [1.165, 1.54) is 6.07 Å².